The number of ether oxygens (including phenoxy) is 1. The van der Waals surface area contributed by atoms with E-state index in [4.69, 9.17) is 4.74 Å². The fraction of sp³-hybridized carbons (Fsp3) is 0.538. The van der Waals surface area contributed by atoms with Crippen molar-refractivity contribution >= 4 is 31.9 Å². The van der Waals surface area contributed by atoms with E-state index < -0.39 is 0 Å². The fourth-order valence-corrected chi connectivity index (χ4v) is 2.59. The predicted octanol–water partition coefficient (Wildman–Crippen LogP) is 4.23. The minimum absolute atomic E-state index is 0.680. The lowest BCUT2D eigenvalue weighted by molar-refractivity contribution is 0.309. The lowest BCUT2D eigenvalue weighted by Gasteiger charge is -2.11. The highest BCUT2D eigenvalue weighted by molar-refractivity contribution is 9.11. The van der Waals surface area contributed by atoms with Crippen LogP contribution in [0.15, 0.2) is 27.1 Å². The number of hydrogen-bond donors (Lipinski definition) is 1. The first-order valence-corrected chi connectivity index (χ1v) is 7.47. The second-order valence-electron chi connectivity index (χ2n) is 4.33. The molecule has 0 aliphatic carbocycles. The largest absolute Gasteiger partial charge is 0.490 e. The average molecular weight is 365 g/mol. The Balaban J connectivity index is 2.22. The molecule has 0 aliphatic rings. The van der Waals surface area contributed by atoms with Crippen molar-refractivity contribution in [2.75, 3.05) is 19.7 Å². The van der Waals surface area contributed by atoms with E-state index in [0.29, 0.717) is 6.61 Å². The molecule has 1 aromatic rings. The molecule has 0 fully saturated rings. The average Bonchev–Trinajstić information content (AvgIpc) is 2.26. The third-order valence-electron chi connectivity index (χ3n) is 2.34. The van der Waals surface area contributed by atoms with Crippen molar-refractivity contribution in [1.82, 2.24) is 5.32 Å². The summed E-state index contributed by atoms with van der Waals surface area (Å²) >= 11 is 6.95. The van der Waals surface area contributed by atoms with Crippen LogP contribution < -0.4 is 10.1 Å². The van der Waals surface area contributed by atoms with Gasteiger partial charge in [0.25, 0.3) is 0 Å². The number of rotatable bonds is 7. The summed E-state index contributed by atoms with van der Waals surface area (Å²) in [6, 6.07) is 5.93. The minimum Gasteiger partial charge on any atom is -0.490 e. The standard InChI is InChI=1S/C13H19Br2NO/c1-10(2)6-7-16-8-9-17-13-11(14)4-3-5-12(13)15/h3-5,10,16H,6-9H2,1-2H3. The lowest BCUT2D eigenvalue weighted by atomic mass is 10.1. The van der Waals surface area contributed by atoms with Gasteiger partial charge in [-0.25, -0.2) is 0 Å². The summed E-state index contributed by atoms with van der Waals surface area (Å²) in [7, 11) is 0. The summed E-state index contributed by atoms with van der Waals surface area (Å²) in [6.07, 6.45) is 1.21. The molecule has 1 rings (SSSR count). The van der Waals surface area contributed by atoms with Gasteiger partial charge >= 0.3 is 0 Å². The van der Waals surface area contributed by atoms with Crippen LogP contribution in [0.25, 0.3) is 0 Å². The van der Waals surface area contributed by atoms with E-state index in [1.165, 1.54) is 6.42 Å². The second kappa shape index (κ2) is 8.11. The van der Waals surface area contributed by atoms with E-state index >= 15 is 0 Å². The smallest absolute Gasteiger partial charge is 0.147 e. The van der Waals surface area contributed by atoms with Gasteiger partial charge in [0.1, 0.15) is 12.4 Å². The second-order valence-corrected chi connectivity index (χ2v) is 6.04. The Morgan fingerprint density at radius 2 is 1.82 bits per heavy atom. The molecule has 0 saturated heterocycles. The van der Waals surface area contributed by atoms with Gasteiger partial charge in [-0.1, -0.05) is 19.9 Å². The first-order valence-electron chi connectivity index (χ1n) is 5.88. The summed E-state index contributed by atoms with van der Waals surface area (Å²) in [4.78, 5) is 0. The van der Waals surface area contributed by atoms with E-state index in [2.05, 4.69) is 51.0 Å². The maximum Gasteiger partial charge on any atom is 0.147 e. The maximum absolute atomic E-state index is 5.72. The monoisotopic (exact) mass is 363 g/mol. The fourth-order valence-electron chi connectivity index (χ4n) is 1.36. The Hall–Kier alpha value is -0.0600. The zero-order chi connectivity index (χ0) is 12.7. The van der Waals surface area contributed by atoms with Crippen molar-refractivity contribution in [2.45, 2.75) is 20.3 Å². The zero-order valence-electron chi connectivity index (χ0n) is 10.3. The molecule has 1 aromatic carbocycles. The van der Waals surface area contributed by atoms with E-state index in [9.17, 15) is 0 Å². The highest BCUT2D eigenvalue weighted by Crippen LogP contribution is 2.32. The topological polar surface area (TPSA) is 21.3 Å². The predicted molar refractivity (Wildman–Crippen MR) is 79.7 cm³/mol. The molecule has 96 valence electrons. The van der Waals surface area contributed by atoms with Gasteiger partial charge in [-0.2, -0.15) is 0 Å². The molecule has 0 unspecified atom stereocenters. The Morgan fingerprint density at radius 3 is 2.41 bits per heavy atom. The van der Waals surface area contributed by atoms with E-state index in [0.717, 1.165) is 33.7 Å². The number of benzene rings is 1. The third-order valence-corrected chi connectivity index (χ3v) is 3.59. The van der Waals surface area contributed by atoms with Crippen molar-refractivity contribution in [1.29, 1.82) is 0 Å². The summed E-state index contributed by atoms with van der Waals surface area (Å²) < 4.78 is 7.68. The molecule has 0 spiro atoms. The van der Waals surface area contributed by atoms with Crippen LogP contribution in [0.4, 0.5) is 0 Å². The van der Waals surface area contributed by atoms with E-state index in [1.807, 2.05) is 18.2 Å². The number of para-hydroxylation sites is 1. The number of halogens is 2. The van der Waals surface area contributed by atoms with Crippen molar-refractivity contribution < 1.29 is 4.74 Å². The van der Waals surface area contributed by atoms with Crippen molar-refractivity contribution in [3.63, 3.8) is 0 Å². The molecule has 0 bridgehead atoms. The summed E-state index contributed by atoms with van der Waals surface area (Å²) in [6.45, 7) is 7.07. The van der Waals surface area contributed by atoms with Gasteiger partial charge in [0.2, 0.25) is 0 Å². The molecule has 17 heavy (non-hydrogen) atoms. The van der Waals surface area contributed by atoms with Crippen molar-refractivity contribution in [3.8, 4) is 5.75 Å². The van der Waals surface area contributed by atoms with Crippen LogP contribution in [0.3, 0.4) is 0 Å². The third kappa shape index (κ3) is 5.89. The Morgan fingerprint density at radius 1 is 1.18 bits per heavy atom. The van der Waals surface area contributed by atoms with Crippen LogP contribution in [-0.4, -0.2) is 19.7 Å². The molecular weight excluding hydrogens is 346 g/mol. The van der Waals surface area contributed by atoms with Crippen molar-refractivity contribution in [2.24, 2.45) is 5.92 Å². The zero-order valence-corrected chi connectivity index (χ0v) is 13.5. The summed E-state index contributed by atoms with van der Waals surface area (Å²) in [5.74, 6) is 1.62. The lowest BCUT2D eigenvalue weighted by Crippen LogP contribution is -2.23. The summed E-state index contributed by atoms with van der Waals surface area (Å²) in [5.41, 5.74) is 0. The van der Waals surface area contributed by atoms with Gasteiger partial charge in [-0.3, -0.25) is 0 Å². The Bertz CT molecular complexity index is 322. The number of nitrogens with one attached hydrogen (secondary N) is 1. The van der Waals surface area contributed by atoms with Crippen LogP contribution in [0, 0.1) is 5.92 Å². The molecule has 0 atom stereocenters. The molecule has 0 radical (unpaired) electrons. The first kappa shape index (κ1) is 15.0. The molecule has 0 aromatic heterocycles. The van der Waals surface area contributed by atoms with Crippen LogP contribution in [0.5, 0.6) is 5.75 Å². The molecule has 0 heterocycles. The highest BCUT2D eigenvalue weighted by Gasteiger charge is 2.04. The van der Waals surface area contributed by atoms with Gasteiger partial charge in [-0.15, -0.1) is 0 Å². The normalized spacial score (nSPS) is 10.9. The van der Waals surface area contributed by atoms with E-state index in [1.54, 1.807) is 0 Å². The SMILES string of the molecule is CC(C)CCNCCOc1c(Br)cccc1Br. The van der Waals surface area contributed by atoms with E-state index in [-0.39, 0.29) is 0 Å². The Kier molecular flexibility index (Phi) is 7.16. The van der Waals surface area contributed by atoms with Gasteiger partial charge < -0.3 is 10.1 Å². The van der Waals surface area contributed by atoms with Crippen molar-refractivity contribution in [3.05, 3.63) is 27.1 Å². The highest BCUT2D eigenvalue weighted by atomic mass is 79.9. The number of hydrogen-bond acceptors (Lipinski definition) is 2. The van der Waals surface area contributed by atoms with Gasteiger partial charge in [-0.05, 0) is 62.9 Å². The van der Waals surface area contributed by atoms with Crippen LogP contribution in [-0.2, 0) is 0 Å². The van der Waals surface area contributed by atoms with Crippen LogP contribution in [0.2, 0.25) is 0 Å². The molecule has 2 nitrogen and oxygen atoms in total. The quantitative estimate of drug-likeness (QED) is 0.731. The minimum atomic E-state index is 0.680. The molecule has 0 amide bonds. The molecule has 0 saturated carbocycles. The molecule has 1 N–H and O–H groups in total. The molecule has 0 aliphatic heterocycles. The van der Waals surface area contributed by atoms with Gasteiger partial charge in [0, 0.05) is 6.54 Å². The Labute approximate surface area is 120 Å². The summed E-state index contributed by atoms with van der Waals surface area (Å²) in [5, 5.41) is 3.37. The van der Waals surface area contributed by atoms with Gasteiger partial charge in [0.05, 0.1) is 8.95 Å². The van der Waals surface area contributed by atoms with Crippen LogP contribution in [0.1, 0.15) is 20.3 Å². The van der Waals surface area contributed by atoms with Crippen LogP contribution >= 0.6 is 31.9 Å². The molecular formula is C13H19Br2NO. The van der Waals surface area contributed by atoms with Gasteiger partial charge in [0.15, 0.2) is 0 Å². The molecule has 4 heteroatoms. The maximum atomic E-state index is 5.72. The first-order chi connectivity index (χ1) is 8.11.